The van der Waals surface area contributed by atoms with E-state index in [1.807, 2.05) is 0 Å². The predicted molar refractivity (Wildman–Crippen MR) is 134 cm³/mol. The Morgan fingerprint density at radius 3 is 1.64 bits per heavy atom. The molecule has 0 saturated carbocycles. The summed E-state index contributed by atoms with van der Waals surface area (Å²) < 4.78 is 13.7. The normalized spacial score (nSPS) is 16.3. The van der Waals surface area contributed by atoms with Crippen molar-refractivity contribution in [2.45, 2.75) is 98.1 Å². The van der Waals surface area contributed by atoms with Gasteiger partial charge in [-0.2, -0.15) is 0 Å². The van der Waals surface area contributed by atoms with Crippen molar-refractivity contribution < 1.29 is 8.54 Å². The van der Waals surface area contributed by atoms with E-state index in [1.54, 1.807) is 0 Å². The maximum Gasteiger partial charge on any atom is 0.321 e. The average molecular weight is 449 g/mol. The minimum absolute atomic E-state index is 0.0803. The van der Waals surface area contributed by atoms with E-state index in [0.29, 0.717) is 11.8 Å². The zero-order valence-electron chi connectivity index (χ0n) is 21.2. The molecule has 0 aliphatic heterocycles. The average Bonchev–Trinajstić information content (AvgIpc) is 2.47. The van der Waals surface area contributed by atoms with Gasteiger partial charge in [0.1, 0.15) is 0 Å². The molecule has 0 aromatic heterocycles. The van der Waals surface area contributed by atoms with Gasteiger partial charge < -0.3 is 19.2 Å². The van der Waals surface area contributed by atoms with Crippen molar-refractivity contribution in [2.24, 2.45) is 11.8 Å². The first-order valence-corrected chi connectivity index (χ1v) is 20.5. The second kappa shape index (κ2) is 11.8. The smallest absolute Gasteiger partial charge is 0.321 e. The highest BCUT2D eigenvalue weighted by Gasteiger charge is 2.46. The lowest BCUT2D eigenvalue weighted by Gasteiger charge is -2.47. The van der Waals surface area contributed by atoms with Crippen LogP contribution in [0, 0.1) is 11.8 Å². The summed E-state index contributed by atoms with van der Waals surface area (Å²) in [4.78, 5) is 0. The first-order chi connectivity index (χ1) is 12.6. The van der Waals surface area contributed by atoms with Crippen LogP contribution in [0.2, 0.25) is 51.4 Å². The van der Waals surface area contributed by atoms with Gasteiger partial charge >= 0.3 is 8.56 Å². The van der Waals surface area contributed by atoms with Gasteiger partial charge in [0, 0.05) is 5.22 Å². The fourth-order valence-corrected chi connectivity index (χ4v) is 17.5. The van der Waals surface area contributed by atoms with E-state index in [-0.39, 0.29) is 5.22 Å². The number of hydrogen-bond donors (Lipinski definition) is 2. The zero-order valence-corrected chi connectivity index (χ0v) is 24.2. The van der Waals surface area contributed by atoms with Crippen molar-refractivity contribution in [3.05, 3.63) is 0 Å². The van der Waals surface area contributed by atoms with Crippen molar-refractivity contribution in [3.63, 3.8) is 0 Å². The van der Waals surface area contributed by atoms with E-state index in [9.17, 15) is 0 Å². The first-order valence-electron chi connectivity index (χ1n) is 11.4. The minimum atomic E-state index is -2.20. The van der Waals surface area contributed by atoms with Crippen molar-refractivity contribution in [2.75, 3.05) is 26.2 Å². The molecule has 4 nitrogen and oxygen atoms in total. The standard InChI is InChI=1S/C21H52N2O2Si3/c1-13-22-15-19(3)17-26(7,8)21(5,6)24-28(11,12)25-27(9,10)18-20(4)16-23-14-2/h19-20,22-23H,13-18H2,1-12H3. The quantitative estimate of drug-likeness (QED) is 0.327. The topological polar surface area (TPSA) is 42.5 Å². The summed E-state index contributed by atoms with van der Waals surface area (Å²) in [6.45, 7) is 32.2. The van der Waals surface area contributed by atoms with Crippen LogP contribution in [0.25, 0.3) is 0 Å². The fourth-order valence-electron chi connectivity index (χ4n) is 4.36. The van der Waals surface area contributed by atoms with Crippen LogP contribution < -0.4 is 10.6 Å². The molecule has 2 atom stereocenters. The first kappa shape index (κ1) is 28.5. The lowest BCUT2D eigenvalue weighted by Crippen LogP contribution is -2.60. The summed E-state index contributed by atoms with van der Waals surface area (Å²) in [7, 11) is -5.54. The maximum absolute atomic E-state index is 6.87. The van der Waals surface area contributed by atoms with Gasteiger partial charge in [0.15, 0.2) is 8.32 Å². The Bertz CT molecular complexity index is 443. The van der Waals surface area contributed by atoms with E-state index in [1.165, 1.54) is 12.1 Å². The van der Waals surface area contributed by atoms with Gasteiger partial charge in [-0.1, -0.05) is 46.8 Å². The summed E-state index contributed by atoms with van der Waals surface area (Å²) in [6, 6.07) is 2.46. The van der Waals surface area contributed by atoms with Gasteiger partial charge in [0.25, 0.3) is 0 Å². The molecule has 0 aromatic rings. The Morgan fingerprint density at radius 1 is 0.786 bits per heavy atom. The molecule has 0 radical (unpaired) electrons. The highest BCUT2D eigenvalue weighted by molar-refractivity contribution is 6.84. The second-order valence-electron chi connectivity index (χ2n) is 11.0. The van der Waals surface area contributed by atoms with Gasteiger partial charge in [-0.25, -0.2) is 0 Å². The molecule has 0 spiro atoms. The van der Waals surface area contributed by atoms with Crippen molar-refractivity contribution in [1.82, 2.24) is 10.6 Å². The predicted octanol–water partition coefficient (Wildman–Crippen LogP) is 5.44. The van der Waals surface area contributed by atoms with Gasteiger partial charge in [0.05, 0.1) is 8.07 Å². The van der Waals surface area contributed by atoms with Crippen LogP contribution in [0.15, 0.2) is 0 Å². The lowest BCUT2D eigenvalue weighted by atomic mass is 10.2. The van der Waals surface area contributed by atoms with Crippen LogP contribution in [0.1, 0.15) is 41.5 Å². The summed E-state index contributed by atoms with van der Waals surface area (Å²) in [5, 5.41) is 6.89. The second-order valence-corrected chi connectivity index (χ2v) is 24.1. The van der Waals surface area contributed by atoms with Gasteiger partial charge in [-0.3, -0.25) is 0 Å². The summed E-state index contributed by atoms with van der Waals surface area (Å²) in [5.41, 5.74) is 0. The fraction of sp³-hybridized carbons (Fsp3) is 1.00. The molecule has 0 rings (SSSR count). The Balaban J connectivity index is 4.97. The Labute approximate surface area is 180 Å². The molecule has 7 heteroatoms. The van der Waals surface area contributed by atoms with Crippen LogP contribution in [-0.2, 0) is 8.54 Å². The molecule has 0 heterocycles. The van der Waals surface area contributed by atoms with Crippen LogP contribution in [0.3, 0.4) is 0 Å². The molecule has 2 unspecified atom stereocenters. The Hall–Kier alpha value is 0.491. The van der Waals surface area contributed by atoms with Crippen molar-refractivity contribution >= 4 is 25.0 Å². The molecule has 170 valence electrons. The minimum Gasteiger partial charge on any atom is -0.436 e. The molecule has 0 fully saturated rings. The van der Waals surface area contributed by atoms with Crippen molar-refractivity contribution in [1.29, 1.82) is 0 Å². The third-order valence-electron chi connectivity index (χ3n) is 5.84. The molecule has 0 aliphatic rings. The van der Waals surface area contributed by atoms with E-state index < -0.39 is 25.0 Å². The molecule has 0 bridgehead atoms. The molecule has 0 aliphatic carbocycles. The Morgan fingerprint density at radius 2 is 1.21 bits per heavy atom. The summed E-state index contributed by atoms with van der Waals surface area (Å²) in [5.74, 6) is 1.34. The molecule has 0 aromatic carbocycles. The third-order valence-corrected chi connectivity index (χ3v) is 18.0. The molecule has 28 heavy (non-hydrogen) atoms. The van der Waals surface area contributed by atoms with E-state index in [2.05, 4.69) is 91.5 Å². The Kier molecular flexibility index (Phi) is 12.0. The van der Waals surface area contributed by atoms with Crippen LogP contribution in [0.4, 0.5) is 0 Å². The van der Waals surface area contributed by atoms with Crippen LogP contribution >= 0.6 is 0 Å². The van der Waals surface area contributed by atoms with Crippen LogP contribution in [-0.4, -0.2) is 56.4 Å². The third kappa shape index (κ3) is 11.0. The van der Waals surface area contributed by atoms with Gasteiger partial charge in [-0.15, -0.1) is 0 Å². The maximum atomic E-state index is 6.87. The lowest BCUT2D eigenvalue weighted by molar-refractivity contribution is 0.137. The molecule has 2 N–H and O–H groups in total. The molecule has 0 amide bonds. The van der Waals surface area contributed by atoms with Gasteiger partial charge in [-0.05, 0) is 84.1 Å². The number of rotatable bonds is 15. The van der Waals surface area contributed by atoms with Crippen LogP contribution in [0.5, 0.6) is 0 Å². The van der Waals surface area contributed by atoms with E-state index in [0.717, 1.165) is 26.2 Å². The molecular formula is C21H52N2O2Si3. The van der Waals surface area contributed by atoms with Crippen molar-refractivity contribution in [3.8, 4) is 0 Å². The number of hydrogen-bond acceptors (Lipinski definition) is 4. The SMILES string of the molecule is CCNCC(C)C[Si](C)(C)O[Si](C)(C)OC(C)(C)[Si](C)(C)CC(C)CNCC. The molecular weight excluding hydrogens is 397 g/mol. The van der Waals surface area contributed by atoms with Gasteiger partial charge in [0.2, 0.25) is 0 Å². The monoisotopic (exact) mass is 448 g/mol. The zero-order chi connectivity index (χ0) is 22.2. The highest BCUT2D eigenvalue weighted by atomic mass is 28.4. The van der Waals surface area contributed by atoms with E-state index in [4.69, 9.17) is 8.54 Å². The largest absolute Gasteiger partial charge is 0.436 e. The van der Waals surface area contributed by atoms with E-state index >= 15 is 0 Å². The summed E-state index contributed by atoms with van der Waals surface area (Å²) in [6.07, 6.45) is 0. The summed E-state index contributed by atoms with van der Waals surface area (Å²) >= 11 is 0. The highest BCUT2D eigenvalue weighted by Crippen LogP contribution is 2.35. The molecule has 0 saturated heterocycles. The number of nitrogens with one attached hydrogen (secondary N) is 2.